The van der Waals surface area contributed by atoms with Crippen molar-refractivity contribution in [3.05, 3.63) is 59.5 Å². The van der Waals surface area contributed by atoms with Gasteiger partial charge in [-0.1, -0.05) is 31.2 Å². The Kier molecular flexibility index (Phi) is 4.59. The van der Waals surface area contributed by atoms with Gasteiger partial charge in [0.2, 0.25) is 0 Å². The molecule has 0 aliphatic heterocycles. The molecule has 0 radical (unpaired) electrons. The number of nitrogens with one attached hydrogen (secondary N) is 1. The Morgan fingerprint density at radius 1 is 1.22 bits per heavy atom. The van der Waals surface area contributed by atoms with Gasteiger partial charge >= 0.3 is 0 Å². The van der Waals surface area contributed by atoms with Crippen LogP contribution in [-0.2, 0) is 6.42 Å². The molecule has 0 bridgehead atoms. The molecule has 0 aliphatic rings. The van der Waals surface area contributed by atoms with Gasteiger partial charge in [-0.3, -0.25) is 0 Å². The van der Waals surface area contributed by atoms with Gasteiger partial charge < -0.3 is 9.73 Å². The number of rotatable bonds is 6. The third kappa shape index (κ3) is 3.23. The molecule has 2 aromatic rings. The lowest BCUT2D eigenvalue weighted by atomic mass is 9.97. The second kappa shape index (κ2) is 6.41. The maximum atomic E-state index is 5.20. The van der Waals surface area contributed by atoms with E-state index in [9.17, 15) is 0 Å². The predicted molar refractivity (Wildman–Crippen MR) is 74.6 cm³/mol. The molecule has 1 aromatic carbocycles. The third-order valence-corrected chi connectivity index (χ3v) is 3.27. The van der Waals surface area contributed by atoms with Gasteiger partial charge in [0.15, 0.2) is 0 Å². The molecule has 0 fully saturated rings. The van der Waals surface area contributed by atoms with Crippen LogP contribution in [0.1, 0.15) is 36.1 Å². The van der Waals surface area contributed by atoms with Crippen LogP contribution in [-0.4, -0.2) is 6.54 Å². The molecule has 0 saturated heterocycles. The van der Waals surface area contributed by atoms with Crippen molar-refractivity contribution in [1.82, 2.24) is 5.32 Å². The number of furan rings is 1. The van der Waals surface area contributed by atoms with Gasteiger partial charge in [0.1, 0.15) is 0 Å². The summed E-state index contributed by atoms with van der Waals surface area (Å²) < 4.78 is 5.20. The molecule has 0 spiro atoms. The lowest BCUT2D eigenvalue weighted by Gasteiger charge is -2.18. The van der Waals surface area contributed by atoms with Gasteiger partial charge in [0.05, 0.1) is 12.5 Å². The second-order valence-corrected chi connectivity index (χ2v) is 4.69. The summed E-state index contributed by atoms with van der Waals surface area (Å²) >= 11 is 0. The highest BCUT2D eigenvalue weighted by molar-refractivity contribution is 5.28. The molecule has 0 amide bonds. The van der Waals surface area contributed by atoms with E-state index in [2.05, 4.69) is 43.4 Å². The van der Waals surface area contributed by atoms with Gasteiger partial charge in [0.25, 0.3) is 0 Å². The molecular formula is C16H21NO. The smallest absolute Gasteiger partial charge is 0.0950 e. The second-order valence-electron chi connectivity index (χ2n) is 4.69. The zero-order chi connectivity index (χ0) is 12.8. The molecule has 2 rings (SSSR count). The summed E-state index contributed by atoms with van der Waals surface area (Å²) in [6.45, 7) is 5.39. The molecular weight excluding hydrogens is 222 g/mol. The summed E-state index contributed by atoms with van der Waals surface area (Å²) in [6, 6.07) is 11.0. The monoisotopic (exact) mass is 243 g/mol. The fourth-order valence-electron chi connectivity index (χ4n) is 2.16. The fourth-order valence-corrected chi connectivity index (χ4v) is 2.16. The Morgan fingerprint density at radius 3 is 2.72 bits per heavy atom. The first kappa shape index (κ1) is 12.9. The number of hydrogen-bond donors (Lipinski definition) is 1. The summed E-state index contributed by atoms with van der Waals surface area (Å²) in [5.74, 6) is 0. The molecule has 96 valence electrons. The maximum absolute atomic E-state index is 5.20. The summed E-state index contributed by atoms with van der Waals surface area (Å²) in [6.07, 6.45) is 5.73. The molecule has 1 atom stereocenters. The molecule has 0 aliphatic carbocycles. The van der Waals surface area contributed by atoms with Gasteiger partial charge in [-0.25, -0.2) is 0 Å². The summed E-state index contributed by atoms with van der Waals surface area (Å²) in [4.78, 5) is 0. The molecule has 18 heavy (non-hydrogen) atoms. The minimum absolute atomic E-state index is 0.338. The zero-order valence-electron chi connectivity index (χ0n) is 11.1. The molecule has 1 unspecified atom stereocenters. The van der Waals surface area contributed by atoms with Crippen molar-refractivity contribution in [2.45, 2.75) is 32.7 Å². The normalized spacial score (nSPS) is 12.6. The molecule has 1 aromatic heterocycles. The molecule has 2 nitrogen and oxygen atoms in total. The minimum Gasteiger partial charge on any atom is -0.472 e. The van der Waals surface area contributed by atoms with E-state index in [-0.39, 0.29) is 0 Å². The van der Waals surface area contributed by atoms with Crippen LogP contribution in [0.4, 0.5) is 0 Å². The fraction of sp³-hybridized carbons (Fsp3) is 0.375. The van der Waals surface area contributed by atoms with Crippen LogP contribution in [0.15, 0.2) is 47.3 Å². The third-order valence-electron chi connectivity index (χ3n) is 3.27. The van der Waals surface area contributed by atoms with Crippen molar-refractivity contribution < 1.29 is 4.42 Å². The maximum Gasteiger partial charge on any atom is 0.0950 e. The topological polar surface area (TPSA) is 25.2 Å². The van der Waals surface area contributed by atoms with Crippen LogP contribution in [0.3, 0.4) is 0 Å². The summed E-state index contributed by atoms with van der Waals surface area (Å²) in [5, 5.41) is 3.59. The highest BCUT2D eigenvalue weighted by atomic mass is 16.3. The Balaban J connectivity index is 2.13. The Morgan fingerprint density at radius 2 is 2.06 bits per heavy atom. The average molecular weight is 243 g/mol. The van der Waals surface area contributed by atoms with Crippen molar-refractivity contribution in [1.29, 1.82) is 0 Å². The largest absolute Gasteiger partial charge is 0.472 e. The average Bonchev–Trinajstić information content (AvgIpc) is 2.90. The number of hydrogen-bond acceptors (Lipinski definition) is 2. The van der Waals surface area contributed by atoms with Crippen molar-refractivity contribution in [2.24, 2.45) is 0 Å². The van der Waals surface area contributed by atoms with Gasteiger partial charge in [-0.05, 0) is 43.5 Å². The van der Waals surface area contributed by atoms with E-state index in [4.69, 9.17) is 4.42 Å². The van der Waals surface area contributed by atoms with E-state index < -0.39 is 0 Å². The Bertz CT molecular complexity index is 462. The van der Waals surface area contributed by atoms with Crippen LogP contribution in [0.5, 0.6) is 0 Å². The minimum atomic E-state index is 0.338. The predicted octanol–water partition coefficient (Wildman–Crippen LogP) is 3.87. The lowest BCUT2D eigenvalue weighted by molar-refractivity contribution is 0.511. The van der Waals surface area contributed by atoms with E-state index in [0.717, 1.165) is 19.4 Å². The van der Waals surface area contributed by atoms with Crippen LogP contribution in [0.25, 0.3) is 0 Å². The first-order valence-electron chi connectivity index (χ1n) is 6.61. The van der Waals surface area contributed by atoms with E-state index in [0.29, 0.717) is 6.04 Å². The number of benzene rings is 1. The first-order chi connectivity index (χ1) is 8.81. The molecule has 0 saturated carbocycles. The SMILES string of the molecule is CCCNC(Cc1ccccc1C)c1ccoc1. The first-order valence-corrected chi connectivity index (χ1v) is 6.61. The van der Waals surface area contributed by atoms with Crippen molar-refractivity contribution in [2.75, 3.05) is 6.54 Å². The van der Waals surface area contributed by atoms with Crippen LogP contribution < -0.4 is 5.32 Å². The van der Waals surface area contributed by atoms with Gasteiger partial charge in [-0.2, -0.15) is 0 Å². The van der Waals surface area contributed by atoms with Gasteiger partial charge in [0, 0.05) is 11.6 Å². The molecule has 1 N–H and O–H groups in total. The molecule has 2 heteroatoms. The van der Waals surface area contributed by atoms with Crippen molar-refractivity contribution >= 4 is 0 Å². The van der Waals surface area contributed by atoms with Crippen molar-refractivity contribution in [3.63, 3.8) is 0 Å². The van der Waals surface area contributed by atoms with Crippen molar-refractivity contribution in [3.8, 4) is 0 Å². The zero-order valence-corrected chi connectivity index (χ0v) is 11.1. The Hall–Kier alpha value is -1.54. The highest BCUT2D eigenvalue weighted by Crippen LogP contribution is 2.20. The van der Waals surface area contributed by atoms with Crippen LogP contribution in [0.2, 0.25) is 0 Å². The van der Waals surface area contributed by atoms with Gasteiger partial charge in [-0.15, -0.1) is 0 Å². The van der Waals surface area contributed by atoms with E-state index in [1.807, 2.05) is 12.3 Å². The quantitative estimate of drug-likeness (QED) is 0.833. The summed E-state index contributed by atoms with van der Waals surface area (Å²) in [7, 11) is 0. The lowest BCUT2D eigenvalue weighted by Crippen LogP contribution is -2.23. The van der Waals surface area contributed by atoms with E-state index in [1.165, 1.54) is 16.7 Å². The van der Waals surface area contributed by atoms with Crippen LogP contribution in [0, 0.1) is 6.92 Å². The Labute approximate surface area is 109 Å². The summed E-state index contributed by atoms with van der Waals surface area (Å²) in [5.41, 5.74) is 3.98. The highest BCUT2D eigenvalue weighted by Gasteiger charge is 2.13. The van der Waals surface area contributed by atoms with Crippen LogP contribution >= 0.6 is 0 Å². The van der Waals surface area contributed by atoms with E-state index in [1.54, 1.807) is 6.26 Å². The number of aryl methyl sites for hydroxylation is 1. The molecule has 1 heterocycles. The standard InChI is InChI=1S/C16H21NO/c1-3-9-17-16(15-8-10-18-12-15)11-14-7-5-4-6-13(14)2/h4-8,10,12,16-17H,3,9,11H2,1-2H3. The van der Waals surface area contributed by atoms with E-state index >= 15 is 0 Å².